The number of likely N-dealkylation sites (N-methyl/N-ethyl adjacent to an activating group) is 2. The van der Waals surface area contributed by atoms with Crippen LogP contribution in [0.2, 0.25) is 0 Å². The van der Waals surface area contributed by atoms with Crippen LogP contribution in [0.4, 0.5) is 0 Å². The highest BCUT2D eigenvalue weighted by Gasteiger charge is 2.26. The zero-order chi connectivity index (χ0) is 23.1. The summed E-state index contributed by atoms with van der Waals surface area (Å²) < 4.78 is 0. The Hall–Kier alpha value is -2.68. The maximum atomic E-state index is 2.53. The lowest BCUT2D eigenvalue weighted by molar-refractivity contribution is 0.310. The lowest BCUT2D eigenvalue weighted by Gasteiger charge is -2.21. The Labute approximate surface area is 204 Å². The van der Waals surface area contributed by atoms with E-state index in [1.54, 1.807) is 5.57 Å². The summed E-state index contributed by atoms with van der Waals surface area (Å²) in [6.45, 7) is 2.47. The molecule has 34 heavy (non-hydrogen) atoms. The van der Waals surface area contributed by atoms with Crippen molar-refractivity contribution in [3.05, 3.63) is 89.5 Å². The van der Waals surface area contributed by atoms with Crippen molar-refractivity contribution in [2.45, 2.75) is 50.6 Å². The van der Waals surface area contributed by atoms with E-state index in [2.05, 4.69) is 96.7 Å². The minimum atomic E-state index is 0.641. The molecule has 2 aliphatic heterocycles. The molecule has 2 nitrogen and oxygen atoms in total. The zero-order valence-electron chi connectivity index (χ0n) is 20.6. The number of likely N-dealkylation sites (tertiary alicyclic amines) is 2. The van der Waals surface area contributed by atoms with Crippen LogP contribution in [0.1, 0.15) is 43.2 Å². The number of fused-ring (bicyclic) bond motifs is 1. The second kappa shape index (κ2) is 9.17. The summed E-state index contributed by atoms with van der Waals surface area (Å²) in [6, 6.07) is 24.3. The molecule has 0 amide bonds. The van der Waals surface area contributed by atoms with E-state index >= 15 is 0 Å². The van der Waals surface area contributed by atoms with Gasteiger partial charge in [0.1, 0.15) is 0 Å². The first-order valence-electron chi connectivity index (χ1n) is 13.1. The molecule has 2 heterocycles. The Balaban J connectivity index is 1.24. The van der Waals surface area contributed by atoms with Gasteiger partial charge in [-0.15, -0.1) is 0 Å². The highest BCUT2D eigenvalue weighted by Crippen LogP contribution is 2.36. The van der Waals surface area contributed by atoms with E-state index < -0.39 is 0 Å². The Morgan fingerprint density at radius 2 is 1.47 bits per heavy atom. The summed E-state index contributed by atoms with van der Waals surface area (Å²) in [7, 11) is 4.55. The van der Waals surface area contributed by atoms with Crippen molar-refractivity contribution in [2.75, 3.05) is 27.2 Å². The fraction of sp³-hybridized carbons (Fsp3) is 0.375. The van der Waals surface area contributed by atoms with Gasteiger partial charge in [0.25, 0.3) is 0 Å². The van der Waals surface area contributed by atoms with Gasteiger partial charge in [-0.2, -0.15) is 0 Å². The predicted octanol–water partition coefficient (Wildman–Crippen LogP) is 6.95. The average molecular weight is 449 g/mol. The number of benzene rings is 3. The summed E-state index contributed by atoms with van der Waals surface area (Å²) >= 11 is 0. The van der Waals surface area contributed by atoms with Crippen molar-refractivity contribution in [1.82, 2.24) is 9.80 Å². The van der Waals surface area contributed by atoms with Crippen LogP contribution in [0, 0.1) is 0 Å². The summed E-state index contributed by atoms with van der Waals surface area (Å²) in [4.78, 5) is 5.05. The number of allylic oxidation sites excluding steroid dienone is 3. The molecule has 0 N–H and O–H groups in total. The van der Waals surface area contributed by atoms with Crippen LogP contribution in [0.15, 0.2) is 78.4 Å². The maximum absolute atomic E-state index is 2.53. The molecule has 2 saturated heterocycles. The molecule has 3 aliphatic rings. The van der Waals surface area contributed by atoms with Gasteiger partial charge >= 0.3 is 0 Å². The van der Waals surface area contributed by atoms with Gasteiger partial charge in [0, 0.05) is 12.1 Å². The molecule has 1 aliphatic carbocycles. The van der Waals surface area contributed by atoms with Crippen LogP contribution >= 0.6 is 0 Å². The SMILES string of the molecule is CN1CCCC1Cc1cccc2c(-c3ccc(C4=CC=C(C5CCCN5C)C4)cc3)cccc12. The van der Waals surface area contributed by atoms with E-state index in [0.717, 1.165) is 12.8 Å². The second-order valence-corrected chi connectivity index (χ2v) is 10.6. The molecule has 2 fully saturated rings. The van der Waals surface area contributed by atoms with Gasteiger partial charge < -0.3 is 4.90 Å². The van der Waals surface area contributed by atoms with Crippen molar-refractivity contribution < 1.29 is 0 Å². The molecule has 174 valence electrons. The summed E-state index contributed by atoms with van der Waals surface area (Å²) in [5, 5.41) is 2.79. The van der Waals surface area contributed by atoms with Crippen LogP contribution < -0.4 is 0 Å². The lowest BCUT2D eigenvalue weighted by atomic mass is 9.92. The molecule has 2 atom stereocenters. The first kappa shape index (κ1) is 21.8. The molecule has 0 radical (unpaired) electrons. The van der Waals surface area contributed by atoms with E-state index in [9.17, 15) is 0 Å². The second-order valence-electron chi connectivity index (χ2n) is 10.6. The van der Waals surface area contributed by atoms with E-state index in [1.807, 2.05) is 0 Å². The maximum Gasteiger partial charge on any atom is 0.0311 e. The topological polar surface area (TPSA) is 6.48 Å². The molecule has 3 aromatic carbocycles. The Bertz CT molecular complexity index is 1250. The predicted molar refractivity (Wildman–Crippen MR) is 145 cm³/mol. The summed E-state index contributed by atoms with van der Waals surface area (Å²) in [6.07, 6.45) is 12.3. The third kappa shape index (κ3) is 4.04. The van der Waals surface area contributed by atoms with Crippen LogP contribution in [-0.4, -0.2) is 49.1 Å². The Kier molecular flexibility index (Phi) is 5.89. The number of hydrogen-bond acceptors (Lipinski definition) is 2. The van der Waals surface area contributed by atoms with Crippen molar-refractivity contribution in [2.24, 2.45) is 0 Å². The third-order valence-corrected chi connectivity index (χ3v) is 8.55. The monoisotopic (exact) mass is 448 g/mol. The molecule has 0 aromatic heterocycles. The van der Waals surface area contributed by atoms with E-state index in [4.69, 9.17) is 0 Å². The van der Waals surface area contributed by atoms with Gasteiger partial charge in [-0.3, -0.25) is 4.90 Å². The van der Waals surface area contributed by atoms with E-state index in [-0.39, 0.29) is 0 Å². The van der Waals surface area contributed by atoms with Gasteiger partial charge in [0.05, 0.1) is 0 Å². The molecule has 2 heteroatoms. The van der Waals surface area contributed by atoms with Crippen molar-refractivity contribution in [1.29, 1.82) is 0 Å². The standard InChI is InChI=1S/C32H36N2/c1-33-19-5-8-28(33)22-26-7-3-11-31-29(9-4-10-30(26)31)24-15-13-23(14-16-24)25-17-18-27(21-25)32-12-6-20-34(32)2/h3-4,7,9-11,13-18,28,32H,5-6,8,12,19-22H2,1-2H3. The third-order valence-electron chi connectivity index (χ3n) is 8.55. The number of rotatable bonds is 5. The molecular formula is C32H36N2. The smallest absolute Gasteiger partial charge is 0.0311 e. The van der Waals surface area contributed by atoms with Crippen LogP contribution in [0.5, 0.6) is 0 Å². The fourth-order valence-electron chi connectivity index (χ4n) is 6.51. The van der Waals surface area contributed by atoms with Gasteiger partial charge in [0.2, 0.25) is 0 Å². The molecule has 0 saturated carbocycles. The van der Waals surface area contributed by atoms with Gasteiger partial charge in [-0.25, -0.2) is 0 Å². The van der Waals surface area contributed by atoms with E-state index in [0.29, 0.717) is 12.1 Å². The fourth-order valence-corrected chi connectivity index (χ4v) is 6.51. The van der Waals surface area contributed by atoms with Gasteiger partial charge in [0.15, 0.2) is 0 Å². The van der Waals surface area contributed by atoms with Crippen molar-refractivity contribution >= 4 is 16.3 Å². The minimum Gasteiger partial charge on any atom is -0.303 e. The zero-order valence-corrected chi connectivity index (χ0v) is 20.6. The van der Waals surface area contributed by atoms with Crippen molar-refractivity contribution in [3.63, 3.8) is 0 Å². The quantitative estimate of drug-likeness (QED) is 0.417. The highest BCUT2D eigenvalue weighted by atomic mass is 15.1. The number of nitrogens with zero attached hydrogens (tertiary/aromatic N) is 2. The van der Waals surface area contributed by atoms with Crippen LogP contribution in [-0.2, 0) is 6.42 Å². The first-order chi connectivity index (χ1) is 16.7. The van der Waals surface area contributed by atoms with Crippen LogP contribution in [0.25, 0.3) is 27.5 Å². The van der Waals surface area contributed by atoms with Gasteiger partial charge in [-0.1, -0.05) is 72.8 Å². The summed E-state index contributed by atoms with van der Waals surface area (Å²) in [5.74, 6) is 0. The molecule has 6 rings (SSSR count). The molecule has 0 bridgehead atoms. The molecular weight excluding hydrogens is 412 g/mol. The van der Waals surface area contributed by atoms with Crippen molar-refractivity contribution in [3.8, 4) is 11.1 Å². The van der Waals surface area contributed by atoms with Gasteiger partial charge in [-0.05, 0) is 110 Å². The summed E-state index contributed by atoms with van der Waals surface area (Å²) in [5.41, 5.74) is 8.56. The van der Waals surface area contributed by atoms with Crippen LogP contribution in [0.3, 0.4) is 0 Å². The lowest BCUT2D eigenvalue weighted by Crippen LogP contribution is -2.26. The molecule has 0 spiro atoms. The first-order valence-corrected chi connectivity index (χ1v) is 13.1. The Morgan fingerprint density at radius 1 is 0.735 bits per heavy atom. The highest BCUT2D eigenvalue weighted by molar-refractivity contribution is 5.98. The Morgan fingerprint density at radius 3 is 2.24 bits per heavy atom. The minimum absolute atomic E-state index is 0.641. The molecule has 2 unspecified atom stereocenters. The normalized spacial score (nSPS) is 23.6. The van der Waals surface area contributed by atoms with E-state index in [1.165, 1.54) is 77.4 Å². The number of hydrogen-bond donors (Lipinski definition) is 0. The largest absolute Gasteiger partial charge is 0.303 e. The average Bonchev–Trinajstić information content (AvgIpc) is 3.61. The molecule has 3 aromatic rings.